The van der Waals surface area contributed by atoms with Crippen molar-refractivity contribution >= 4 is 33.4 Å². The third-order valence-electron chi connectivity index (χ3n) is 2.25. The van der Waals surface area contributed by atoms with E-state index in [4.69, 9.17) is 11.6 Å². The van der Waals surface area contributed by atoms with Crippen LogP contribution in [0.4, 0.5) is 0 Å². The largest absolute Gasteiger partial charge is 0.346 e. The summed E-state index contributed by atoms with van der Waals surface area (Å²) in [4.78, 5) is 19.8. The zero-order valence-corrected chi connectivity index (χ0v) is 11.6. The first kappa shape index (κ1) is 13.0. The number of hydrogen-bond donors (Lipinski definition) is 1. The van der Waals surface area contributed by atoms with E-state index in [1.165, 1.54) is 6.33 Å². The molecule has 2 rings (SSSR count). The highest BCUT2D eigenvalue weighted by Crippen LogP contribution is 2.21. The summed E-state index contributed by atoms with van der Waals surface area (Å²) in [6.45, 7) is 0.348. The number of nitrogens with one attached hydrogen (secondary N) is 1. The molecule has 1 aromatic heterocycles. The van der Waals surface area contributed by atoms with Crippen molar-refractivity contribution in [3.63, 3.8) is 0 Å². The average Bonchev–Trinajstić information content (AvgIpc) is 2.40. The molecule has 1 amide bonds. The van der Waals surface area contributed by atoms with Gasteiger partial charge < -0.3 is 5.32 Å². The van der Waals surface area contributed by atoms with Crippen molar-refractivity contribution in [2.75, 3.05) is 0 Å². The lowest BCUT2D eigenvalue weighted by Gasteiger charge is -2.06. The fraction of sp³-hybridized carbons (Fsp3) is 0.0833. The van der Waals surface area contributed by atoms with Gasteiger partial charge in [-0.1, -0.05) is 11.6 Å². The van der Waals surface area contributed by atoms with E-state index < -0.39 is 0 Å². The van der Waals surface area contributed by atoms with Gasteiger partial charge in [-0.05, 0) is 40.2 Å². The number of benzene rings is 1. The van der Waals surface area contributed by atoms with E-state index in [2.05, 4.69) is 31.2 Å². The number of rotatable bonds is 3. The van der Waals surface area contributed by atoms with Gasteiger partial charge in [0.2, 0.25) is 0 Å². The van der Waals surface area contributed by atoms with Crippen molar-refractivity contribution in [1.82, 2.24) is 15.3 Å². The van der Waals surface area contributed by atoms with E-state index in [1.807, 2.05) is 0 Å². The number of aromatic nitrogens is 2. The lowest BCUT2D eigenvalue weighted by atomic mass is 10.2. The molecule has 1 N–H and O–H groups in total. The molecular weight excluding hydrogens is 318 g/mol. The smallest absolute Gasteiger partial charge is 0.252 e. The molecule has 1 heterocycles. The van der Waals surface area contributed by atoms with Crippen molar-refractivity contribution in [3.8, 4) is 0 Å². The molecule has 18 heavy (non-hydrogen) atoms. The van der Waals surface area contributed by atoms with Crippen molar-refractivity contribution in [2.45, 2.75) is 6.54 Å². The van der Waals surface area contributed by atoms with Gasteiger partial charge in [-0.2, -0.15) is 0 Å². The van der Waals surface area contributed by atoms with Crippen LogP contribution in [-0.4, -0.2) is 15.9 Å². The molecule has 0 bridgehead atoms. The predicted octanol–water partition coefficient (Wildman–Crippen LogP) is 2.82. The van der Waals surface area contributed by atoms with Crippen LogP contribution in [0.15, 0.2) is 41.3 Å². The van der Waals surface area contributed by atoms with Crippen molar-refractivity contribution in [3.05, 3.63) is 57.5 Å². The number of amides is 1. The number of hydrogen-bond acceptors (Lipinski definition) is 3. The number of carbonyl (C=O) groups excluding carboxylic acids is 1. The van der Waals surface area contributed by atoms with Crippen LogP contribution < -0.4 is 5.32 Å². The molecule has 0 aliphatic carbocycles. The highest BCUT2D eigenvalue weighted by atomic mass is 79.9. The Bertz CT molecular complexity index is 563. The molecule has 0 radical (unpaired) electrons. The first-order chi connectivity index (χ1) is 8.66. The Morgan fingerprint density at radius 3 is 2.94 bits per heavy atom. The lowest BCUT2D eigenvalue weighted by molar-refractivity contribution is 0.0949. The SMILES string of the molecule is O=C(NCc1ccncn1)c1cc(Cl)ccc1Br. The second-order valence-corrected chi connectivity index (χ2v) is 4.80. The van der Waals surface area contributed by atoms with E-state index in [0.717, 1.165) is 5.69 Å². The topological polar surface area (TPSA) is 54.9 Å². The fourth-order valence-electron chi connectivity index (χ4n) is 1.36. The summed E-state index contributed by atoms with van der Waals surface area (Å²) in [7, 11) is 0. The van der Waals surface area contributed by atoms with Crippen LogP contribution >= 0.6 is 27.5 Å². The molecular formula is C12H9BrClN3O. The van der Waals surface area contributed by atoms with Gasteiger partial charge in [0.15, 0.2) is 0 Å². The van der Waals surface area contributed by atoms with Gasteiger partial charge >= 0.3 is 0 Å². The maximum absolute atomic E-state index is 11.9. The normalized spacial score (nSPS) is 10.1. The van der Waals surface area contributed by atoms with E-state index in [0.29, 0.717) is 21.6 Å². The minimum absolute atomic E-state index is 0.206. The van der Waals surface area contributed by atoms with Gasteiger partial charge in [-0.15, -0.1) is 0 Å². The Morgan fingerprint density at radius 2 is 2.22 bits per heavy atom. The van der Waals surface area contributed by atoms with Crippen LogP contribution in [0.5, 0.6) is 0 Å². The molecule has 0 saturated carbocycles. The van der Waals surface area contributed by atoms with E-state index in [9.17, 15) is 4.79 Å². The van der Waals surface area contributed by atoms with E-state index in [1.54, 1.807) is 30.5 Å². The van der Waals surface area contributed by atoms with Crippen molar-refractivity contribution < 1.29 is 4.79 Å². The number of carbonyl (C=O) groups is 1. The van der Waals surface area contributed by atoms with E-state index >= 15 is 0 Å². The zero-order chi connectivity index (χ0) is 13.0. The van der Waals surface area contributed by atoms with Crippen molar-refractivity contribution in [2.24, 2.45) is 0 Å². The lowest BCUT2D eigenvalue weighted by Crippen LogP contribution is -2.23. The Kier molecular flexibility index (Phi) is 4.28. The predicted molar refractivity (Wildman–Crippen MR) is 72.4 cm³/mol. The highest BCUT2D eigenvalue weighted by Gasteiger charge is 2.10. The van der Waals surface area contributed by atoms with Crippen LogP contribution in [0.3, 0.4) is 0 Å². The van der Waals surface area contributed by atoms with Gasteiger partial charge in [0.25, 0.3) is 5.91 Å². The molecule has 0 unspecified atom stereocenters. The average molecular weight is 327 g/mol. The first-order valence-corrected chi connectivity index (χ1v) is 6.32. The number of nitrogens with zero attached hydrogens (tertiary/aromatic N) is 2. The van der Waals surface area contributed by atoms with Crippen LogP contribution in [0.1, 0.15) is 16.1 Å². The van der Waals surface area contributed by atoms with Gasteiger partial charge in [0.1, 0.15) is 6.33 Å². The first-order valence-electron chi connectivity index (χ1n) is 5.15. The Morgan fingerprint density at radius 1 is 1.39 bits per heavy atom. The van der Waals surface area contributed by atoms with Gasteiger partial charge in [-0.25, -0.2) is 9.97 Å². The Labute approximate surface area is 118 Å². The van der Waals surface area contributed by atoms with Crippen LogP contribution in [0.25, 0.3) is 0 Å². The second kappa shape index (κ2) is 5.93. The zero-order valence-electron chi connectivity index (χ0n) is 9.23. The summed E-state index contributed by atoms with van der Waals surface area (Å²) in [6, 6.07) is 6.81. The summed E-state index contributed by atoms with van der Waals surface area (Å²) >= 11 is 9.17. The molecule has 92 valence electrons. The molecule has 1 aromatic carbocycles. The second-order valence-electron chi connectivity index (χ2n) is 3.51. The van der Waals surface area contributed by atoms with Crippen LogP contribution in [0.2, 0.25) is 5.02 Å². The molecule has 6 heteroatoms. The minimum Gasteiger partial charge on any atom is -0.346 e. The standard InChI is InChI=1S/C12H9BrClN3O/c13-11-2-1-8(14)5-10(11)12(18)16-6-9-3-4-15-7-17-9/h1-5,7H,6H2,(H,16,18). The summed E-state index contributed by atoms with van der Waals surface area (Å²) < 4.78 is 0.701. The third-order valence-corrected chi connectivity index (χ3v) is 3.17. The molecule has 4 nitrogen and oxygen atoms in total. The Balaban J connectivity index is 2.06. The molecule has 0 spiro atoms. The van der Waals surface area contributed by atoms with Gasteiger partial charge in [-0.3, -0.25) is 4.79 Å². The van der Waals surface area contributed by atoms with Crippen LogP contribution in [-0.2, 0) is 6.54 Å². The maximum Gasteiger partial charge on any atom is 0.252 e. The third kappa shape index (κ3) is 3.27. The molecule has 0 atom stereocenters. The molecule has 2 aromatic rings. The summed E-state index contributed by atoms with van der Waals surface area (Å²) in [5, 5.41) is 3.28. The minimum atomic E-state index is -0.206. The van der Waals surface area contributed by atoms with Crippen LogP contribution in [0, 0.1) is 0 Å². The summed E-state index contributed by atoms with van der Waals surface area (Å²) in [6.07, 6.45) is 3.07. The van der Waals surface area contributed by atoms with Crippen molar-refractivity contribution in [1.29, 1.82) is 0 Å². The highest BCUT2D eigenvalue weighted by molar-refractivity contribution is 9.10. The maximum atomic E-state index is 11.9. The van der Waals surface area contributed by atoms with Gasteiger partial charge in [0, 0.05) is 15.7 Å². The number of halogens is 2. The Hall–Kier alpha value is -1.46. The molecule has 0 fully saturated rings. The monoisotopic (exact) mass is 325 g/mol. The molecule has 0 aliphatic heterocycles. The molecule has 0 aliphatic rings. The van der Waals surface area contributed by atoms with E-state index in [-0.39, 0.29) is 5.91 Å². The summed E-state index contributed by atoms with van der Waals surface area (Å²) in [5.41, 5.74) is 1.24. The molecule has 0 saturated heterocycles. The quantitative estimate of drug-likeness (QED) is 0.943. The summed E-state index contributed by atoms with van der Waals surface area (Å²) in [5.74, 6) is -0.206. The van der Waals surface area contributed by atoms with Gasteiger partial charge in [0.05, 0.1) is 17.8 Å². The fourth-order valence-corrected chi connectivity index (χ4v) is 1.96.